The number of H-pyrrole nitrogens is 1. The smallest absolute Gasteiger partial charge is 0.251 e. The first kappa shape index (κ1) is 18.3. The van der Waals surface area contributed by atoms with E-state index in [0.29, 0.717) is 27.8 Å². The van der Waals surface area contributed by atoms with Gasteiger partial charge in [0.1, 0.15) is 13.7 Å². The fourth-order valence-electron chi connectivity index (χ4n) is 3.93. The van der Waals surface area contributed by atoms with Crippen LogP contribution in [0.2, 0.25) is 16.6 Å². The molecule has 0 aromatic carbocycles. The maximum absolute atomic E-state index is 11.8. The van der Waals surface area contributed by atoms with E-state index in [2.05, 4.69) is 63.0 Å². The number of hydrogen-bond acceptors (Lipinski definition) is 2. The van der Waals surface area contributed by atoms with E-state index in [-0.39, 0.29) is 0 Å². The Labute approximate surface area is 145 Å². The second-order valence-corrected chi connectivity index (χ2v) is 12.9. The zero-order valence-corrected chi connectivity index (χ0v) is 16.4. The van der Waals surface area contributed by atoms with Gasteiger partial charge in [-0.1, -0.05) is 47.5 Å². The molecule has 2 heterocycles. The standard InChI is InChI=1S/C19H27N3OSi/c1-12(2)24(13(3)4,14(5)6)10-8-15-16-7-9-21-19(16)22-11-17(15)18(20)23/h7,9,11-14H,1-6H3,(H2,20,23)(H,21,22). The highest BCUT2D eigenvalue weighted by Gasteiger charge is 2.41. The monoisotopic (exact) mass is 341 g/mol. The number of nitrogens with two attached hydrogens (primary N) is 1. The third kappa shape index (κ3) is 2.99. The summed E-state index contributed by atoms with van der Waals surface area (Å²) in [6.45, 7) is 13.6. The average molecular weight is 342 g/mol. The lowest BCUT2D eigenvalue weighted by atomic mass is 10.1. The van der Waals surface area contributed by atoms with Gasteiger partial charge < -0.3 is 10.7 Å². The molecule has 128 valence electrons. The average Bonchev–Trinajstić information content (AvgIpc) is 2.94. The number of primary amides is 1. The van der Waals surface area contributed by atoms with Crippen molar-refractivity contribution in [2.24, 2.45) is 5.73 Å². The Hall–Kier alpha value is -2.06. The van der Waals surface area contributed by atoms with Crippen molar-refractivity contribution in [3.05, 3.63) is 29.6 Å². The summed E-state index contributed by atoms with van der Waals surface area (Å²) in [5.74, 6) is 2.87. The minimum absolute atomic E-state index is 0.397. The van der Waals surface area contributed by atoms with Gasteiger partial charge >= 0.3 is 0 Å². The van der Waals surface area contributed by atoms with Gasteiger partial charge in [-0.05, 0) is 22.7 Å². The molecule has 2 aromatic rings. The van der Waals surface area contributed by atoms with Crippen molar-refractivity contribution < 1.29 is 4.79 Å². The Kier molecular flexibility index (Phi) is 5.19. The van der Waals surface area contributed by atoms with Crippen molar-refractivity contribution in [1.29, 1.82) is 0 Å². The first-order chi connectivity index (χ1) is 11.2. The number of nitrogens with one attached hydrogen (secondary N) is 1. The number of nitrogens with zero attached hydrogens (tertiary/aromatic N) is 1. The number of carbonyl (C=O) groups is 1. The topological polar surface area (TPSA) is 71.8 Å². The van der Waals surface area contributed by atoms with E-state index in [4.69, 9.17) is 5.73 Å². The third-order valence-electron chi connectivity index (χ3n) is 5.12. The van der Waals surface area contributed by atoms with Gasteiger partial charge in [-0.3, -0.25) is 4.79 Å². The van der Waals surface area contributed by atoms with Crippen molar-refractivity contribution in [3.63, 3.8) is 0 Å². The van der Waals surface area contributed by atoms with Crippen LogP contribution in [0.3, 0.4) is 0 Å². The second kappa shape index (κ2) is 6.82. The number of aromatic nitrogens is 2. The molecule has 2 aromatic heterocycles. The van der Waals surface area contributed by atoms with E-state index in [1.54, 1.807) is 0 Å². The van der Waals surface area contributed by atoms with E-state index in [1.807, 2.05) is 12.3 Å². The summed E-state index contributed by atoms with van der Waals surface area (Å²) in [6.07, 6.45) is 3.33. The van der Waals surface area contributed by atoms with E-state index < -0.39 is 14.0 Å². The van der Waals surface area contributed by atoms with Gasteiger partial charge in [0, 0.05) is 23.3 Å². The van der Waals surface area contributed by atoms with Crippen LogP contribution in [0.1, 0.15) is 57.5 Å². The Morgan fingerprint density at radius 3 is 2.25 bits per heavy atom. The summed E-state index contributed by atoms with van der Waals surface area (Å²) >= 11 is 0. The summed E-state index contributed by atoms with van der Waals surface area (Å²) in [5, 5.41) is 0.859. The summed E-state index contributed by atoms with van der Waals surface area (Å²) in [7, 11) is -1.88. The molecule has 1 amide bonds. The molecule has 3 N–H and O–H groups in total. The molecular formula is C19H27N3OSi. The van der Waals surface area contributed by atoms with Crippen LogP contribution in [0.4, 0.5) is 0 Å². The minimum Gasteiger partial charge on any atom is -0.366 e. The van der Waals surface area contributed by atoms with Gasteiger partial charge in [-0.15, -0.1) is 5.54 Å². The number of hydrogen-bond donors (Lipinski definition) is 2. The van der Waals surface area contributed by atoms with Crippen molar-refractivity contribution in [3.8, 4) is 11.5 Å². The quantitative estimate of drug-likeness (QED) is 0.645. The largest absolute Gasteiger partial charge is 0.366 e. The molecule has 0 spiro atoms. The van der Waals surface area contributed by atoms with E-state index in [0.717, 1.165) is 11.0 Å². The molecule has 0 saturated heterocycles. The van der Waals surface area contributed by atoms with Crippen molar-refractivity contribution in [1.82, 2.24) is 9.97 Å². The lowest BCUT2D eigenvalue weighted by Crippen LogP contribution is -2.43. The molecule has 0 saturated carbocycles. The zero-order valence-electron chi connectivity index (χ0n) is 15.4. The molecule has 0 aliphatic carbocycles. The highest BCUT2D eigenvalue weighted by molar-refractivity contribution is 6.90. The number of fused-ring (bicyclic) bond motifs is 1. The SMILES string of the molecule is CC(C)[Si](C#Cc1c(C(N)=O)cnc2[nH]ccc12)(C(C)C)C(C)C. The maximum Gasteiger partial charge on any atom is 0.251 e. The Bertz CT molecular complexity index is 787. The molecule has 24 heavy (non-hydrogen) atoms. The first-order valence-corrected chi connectivity index (χ1v) is 10.7. The van der Waals surface area contributed by atoms with Crippen LogP contribution < -0.4 is 5.73 Å². The highest BCUT2D eigenvalue weighted by Crippen LogP contribution is 2.40. The number of pyridine rings is 1. The molecule has 5 heteroatoms. The Morgan fingerprint density at radius 1 is 1.17 bits per heavy atom. The minimum atomic E-state index is -1.88. The van der Waals surface area contributed by atoms with Crippen molar-refractivity contribution in [2.75, 3.05) is 0 Å². The fourth-order valence-corrected chi connectivity index (χ4v) is 9.14. The van der Waals surface area contributed by atoms with Crippen LogP contribution in [0, 0.1) is 11.5 Å². The van der Waals surface area contributed by atoms with Gasteiger partial charge in [0.25, 0.3) is 5.91 Å². The van der Waals surface area contributed by atoms with Crippen LogP contribution >= 0.6 is 0 Å². The molecule has 0 aliphatic rings. The van der Waals surface area contributed by atoms with Gasteiger partial charge in [-0.25, -0.2) is 4.98 Å². The normalized spacial score (nSPS) is 12.0. The van der Waals surface area contributed by atoms with Crippen molar-refractivity contribution in [2.45, 2.75) is 58.2 Å². The summed E-state index contributed by atoms with van der Waals surface area (Å²) in [4.78, 5) is 19.2. The summed E-state index contributed by atoms with van der Waals surface area (Å²) in [6, 6.07) is 1.90. The number of rotatable bonds is 4. The van der Waals surface area contributed by atoms with Gasteiger partial charge in [0.2, 0.25) is 0 Å². The molecule has 0 atom stereocenters. The van der Waals surface area contributed by atoms with E-state index in [9.17, 15) is 4.79 Å². The van der Waals surface area contributed by atoms with Crippen molar-refractivity contribution >= 4 is 25.0 Å². The lowest BCUT2D eigenvalue weighted by Gasteiger charge is -2.38. The zero-order chi connectivity index (χ0) is 18.1. The number of amides is 1. The molecule has 0 unspecified atom stereocenters. The van der Waals surface area contributed by atoms with E-state index >= 15 is 0 Å². The molecule has 2 rings (SSSR count). The maximum atomic E-state index is 11.8. The molecule has 0 radical (unpaired) electrons. The number of aromatic amines is 1. The van der Waals surface area contributed by atoms with Gasteiger partial charge in [0.05, 0.1) is 5.56 Å². The summed E-state index contributed by atoms with van der Waals surface area (Å²) in [5.41, 5.74) is 12.6. The molecule has 4 nitrogen and oxygen atoms in total. The third-order valence-corrected chi connectivity index (χ3v) is 11.4. The van der Waals surface area contributed by atoms with Gasteiger partial charge in [-0.2, -0.15) is 0 Å². The highest BCUT2D eigenvalue weighted by atomic mass is 28.3. The van der Waals surface area contributed by atoms with Gasteiger partial charge in [0.15, 0.2) is 0 Å². The number of carbonyl (C=O) groups excluding carboxylic acids is 1. The molecular weight excluding hydrogens is 314 g/mol. The molecule has 0 fully saturated rings. The predicted molar refractivity (Wildman–Crippen MR) is 103 cm³/mol. The molecule has 0 bridgehead atoms. The lowest BCUT2D eigenvalue weighted by molar-refractivity contribution is 0.1000. The van der Waals surface area contributed by atoms with Crippen LogP contribution in [0.25, 0.3) is 11.0 Å². The van der Waals surface area contributed by atoms with Crippen LogP contribution in [-0.4, -0.2) is 23.9 Å². The van der Waals surface area contributed by atoms with Crippen LogP contribution in [0.5, 0.6) is 0 Å². The Balaban J connectivity index is 2.72. The van der Waals surface area contributed by atoms with E-state index in [1.165, 1.54) is 6.20 Å². The first-order valence-electron chi connectivity index (χ1n) is 8.50. The van der Waals surface area contributed by atoms with Crippen LogP contribution in [-0.2, 0) is 0 Å². The molecule has 0 aliphatic heterocycles. The second-order valence-electron chi connectivity index (χ2n) is 7.30. The van der Waals surface area contributed by atoms with Crippen LogP contribution in [0.15, 0.2) is 18.5 Å². The summed E-state index contributed by atoms with van der Waals surface area (Å²) < 4.78 is 0. The Morgan fingerprint density at radius 2 is 1.75 bits per heavy atom. The fraction of sp³-hybridized carbons (Fsp3) is 0.474. The predicted octanol–water partition coefficient (Wildman–Crippen LogP) is 4.23.